The number of hydrogen-bond donors (Lipinski definition) is 1. The van der Waals surface area contributed by atoms with Crippen molar-refractivity contribution in [2.45, 2.75) is 19.8 Å². The number of aryl methyl sites for hydroxylation is 1. The second-order valence-corrected chi connectivity index (χ2v) is 6.79. The van der Waals surface area contributed by atoms with Gasteiger partial charge in [-0.25, -0.2) is 0 Å². The maximum absolute atomic E-state index is 12.7. The molecule has 1 aliphatic heterocycles. The summed E-state index contributed by atoms with van der Waals surface area (Å²) in [5.41, 5.74) is 2.91. The van der Waals surface area contributed by atoms with E-state index in [0.717, 1.165) is 31.5 Å². The fourth-order valence-corrected chi connectivity index (χ4v) is 3.28. The Labute approximate surface area is 148 Å². The fourth-order valence-electron chi connectivity index (χ4n) is 3.28. The minimum absolute atomic E-state index is 0.0820. The van der Waals surface area contributed by atoms with Crippen LogP contribution in [0.1, 0.15) is 39.1 Å². The summed E-state index contributed by atoms with van der Waals surface area (Å²) >= 11 is 0. The van der Waals surface area contributed by atoms with Crippen LogP contribution in [0.2, 0.25) is 0 Å². The van der Waals surface area contributed by atoms with Crippen molar-refractivity contribution < 1.29 is 9.59 Å². The monoisotopic (exact) mass is 336 g/mol. The fraction of sp³-hybridized carbons (Fsp3) is 0.333. The number of nitrogens with one attached hydrogen (secondary N) is 1. The van der Waals surface area contributed by atoms with Crippen LogP contribution in [0.25, 0.3) is 0 Å². The Morgan fingerprint density at radius 1 is 1.04 bits per heavy atom. The summed E-state index contributed by atoms with van der Waals surface area (Å²) in [6.07, 6.45) is 1.80. The van der Waals surface area contributed by atoms with E-state index >= 15 is 0 Å². The number of Topliss-reactive ketones (excluding diaryl/α,β-unsaturated/α-hetero) is 1. The first-order chi connectivity index (χ1) is 12.0. The zero-order valence-corrected chi connectivity index (χ0v) is 14.8. The van der Waals surface area contributed by atoms with Crippen molar-refractivity contribution in [3.63, 3.8) is 0 Å². The second kappa shape index (κ2) is 7.62. The summed E-state index contributed by atoms with van der Waals surface area (Å²) in [4.78, 5) is 27.4. The molecule has 1 aliphatic rings. The highest BCUT2D eigenvalue weighted by Gasteiger charge is 2.24. The lowest BCUT2D eigenvalue weighted by Gasteiger charge is -2.28. The maximum Gasteiger partial charge on any atom is 0.255 e. The third kappa shape index (κ3) is 4.15. The molecule has 0 spiro atoms. The van der Waals surface area contributed by atoms with Gasteiger partial charge in [-0.2, -0.15) is 0 Å². The highest BCUT2D eigenvalue weighted by Crippen LogP contribution is 2.23. The number of carbonyl (C=O) groups is 2. The summed E-state index contributed by atoms with van der Waals surface area (Å²) in [6, 6.07) is 14.8. The summed E-state index contributed by atoms with van der Waals surface area (Å²) in [5.74, 6) is 0.112. The van der Waals surface area contributed by atoms with Gasteiger partial charge in [0.1, 0.15) is 0 Å². The first-order valence-electron chi connectivity index (χ1n) is 8.74. The van der Waals surface area contributed by atoms with E-state index in [-0.39, 0.29) is 17.6 Å². The van der Waals surface area contributed by atoms with Gasteiger partial charge in [0.2, 0.25) is 0 Å². The average Bonchev–Trinajstić information content (AvgIpc) is 2.62. The number of benzene rings is 2. The van der Waals surface area contributed by atoms with Gasteiger partial charge in [0.25, 0.3) is 5.91 Å². The number of nitrogens with zero attached hydrogens (tertiary/aromatic N) is 1. The number of carbonyl (C=O) groups excluding carboxylic acids is 2. The van der Waals surface area contributed by atoms with E-state index < -0.39 is 0 Å². The minimum Gasteiger partial charge on any atom is -0.322 e. The first-order valence-corrected chi connectivity index (χ1v) is 8.74. The topological polar surface area (TPSA) is 49.4 Å². The Hall–Kier alpha value is -2.46. The molecule has 0 saturated carbocycles. The van der Waals surface area contributed by atoms with Crippen LogP contribution in [0.4, 0.5) is 5.69 Å². The van der Waals surface area contributed by atoms with Gasteiger partial charge in [-0.05, 0) is 63.7 Å². The molecule has 3 rings (SSSR count). The Morgan fingerprint density at radius 3 is 2.48 bits per heavy atom. The van der Waals surface area contributed by atoms with Crippen LogP contribution in [0, 0.1) is 12.8 Å². The molecule has 0 bridgehead atoms. The number of hydrogen-bond acceptors (Lipinski definition) is 3. The van der Waals surface area contributed by atoms with Crippen molar-refractivity contribution in [2.75, 3.05) is 25.5 Å². The largest absolute Gasteiger partial charge is 0.322 e. The van der Waals surface area contributed by atoms with Gasteiger partial charge in [0, 0.05) is 22.7 Å². The standard InChI is InChI=1S/C21H24N2O2/c1-15-6-3-4-9-19(15)21(25)22-18-8-5-7-17(14-18)20(24)16-10-12-23(2)13-11-16/h3-9,14,16H,10-13H2,1-2H3,(H,22,25). The zero-order valence-electron chi connectivity index (χ0n) is 14.8. The lowest BCUT2D eigenvalue weighted by Crippen LogP contribution is -2.33. The average molecular weight is 336 g/mol. The van der Waals surface area contributed by atoms with E-state index in [1.165, 1.54) is 0 Å². The van der Waals surface area contributed by atoms with Crippen LogP contribution in [-0.2, 0) is 0 Å². The van der Waals surface area contributed by atoms with E-state index in [2.05, 4.69) is 17.3 Å². The van der Waals surface area contributed by atoms with Crippen molar-refractivity contribution in [3.8, 4) is 0 Å². The molecular formula is C21H24N2O2. The van der Waals surface area contributed by atoms with E-state index in [4.69, 9.17) is 0 Å². The Balaban J connectivity index is 1.72. The molecule has 1 fully saturated rings. The molecule has 130 valence electrons. The van der Waals surface area contributed by atoms with Crippen LogP contribution in [0.3, 0.4) is 0 Å². The quantitative estimate of drug-likeness (QED) is 0.865. The molecule has 4 nitrogen and oxygen atoms in total. The highest BCUT2D eigenvalue weighted by atomic mass is 16.1. The zero-order chi connectivity index (χ0) is 17.8. The van der Waals surface area contributed by atoms with E-state index in [1.807, 2.05) is 43.3 Å². The normalized spacial score (nSPS) is 15.8. The highest BCUT2D eigenvalue weighted by molar-refractivity contribution is 6.06. The number of likely N-dealkylation sites (tertiary alicyclic amines) is 1. The van der Waals surface area contributed by atoms with Crippen molar-refractivity contribution in [1.82, 2.24) is 4.90 Å². The van der Waals surface area contributed by atoms with Gasteiger partial charge < -0.3 is 10.2 Å². The van der Waals surface area contributed by atoms with Gasteiger partial charge in [0.15, 0.2) is 5.78 Å². The summed E-state index contributed by atoms with van der Waals surface area (Å²) in [5, 5.41) is 2.90. The van der Waals surface area contributed by atoms with Gasteiger partial charge >= 0.3 is 0 Å². The predicted molar refractivity (Wildman–Crippen MR) is 100 cm³/mol. The van der Waals surface area contributed by atoms with Crippen LogP contribution in [-0.4, -0.2) is 36.7 Å². The molecule has 1 amide bonds. The Morgan fingerprint density at radius 2 is 1.76 bits per heavy atom. The molecule has 4 heteroatoms. The molecule has 0 radical (unpaired) electrons. The smallest absolute Gasteiger partial charge is 0.255 e. The van der Waals surface area contributed by atoms with Gasteiger partial charge in [-0.15, -0.1) is 0 Å². The van der Waals surface area contributed by atoms with Crippen LogP contribution < -0.4 is 5.32 Å². The predicted octanol–water partition coefficient (Wildman–Crippen LogP) is 3.77. The summed E-state index contributed by atoms with van der Waals surface area (Å²) in [7, 11) is 2.09. The number of piperidine rings is 1. The molecule has 1 heterocycles. The van der Waals surface area contributed by atoms with E-state index in [0.29, 0.717) is 16.8 Å². The first kappa shape index (κ1) is 17.4. The molecular weight excluding hydrogens is 312 g/mol. The molecule has 1 N–H and O–H groups in total. The van der Waals surface area contributed by atoms with E-state index in [1.54, 1.807) is 12.1 Å². The Bertz CT molecular complexity index is 777. The van der Waals surface area contributed by atoms with Crippen LogP contribution in [0.15, 0.2) is 48.5 Å². The number of ketones is 1. The maximum atomic E-state index is 12.7. The molecule has 0 aliphatic carbocycles. The van der Waals surface area contributed by atoms with Crippen LogP contribution in [0.5, 0.6) is 0 Å². The van der Waals surface area contributed by atoms with Crippen LogP contribution >= 0.6 is 0 Å². The summed E-state index contributed by atoms with van der Waals surface area (Å²) in [6.45, 7) is 3.83. The van der Waals surface area contributed by atoms with Crippen molar-refractivity contribution in [3.05, 3.63) is 65.2 Å². The van der Waals surface area contributed by atoms with Gasteiger partial charge in [0.05, 0.1) is 0 Å². The lowest BCUT2D eigenvalue weighted by atomic mass is 9.89. The van der Waals surface area contributed by atoms with E-state index in [9.17, 15) is 9.59 Å². The molecule has 0 unspecified atom stereocenters. The lowest BCUT2D eigenvalue weighted by molar-refractivity contribution is 0.0856. The SMILES string of the molecule is Cc1ccccc1C(=O)Nc1cccc(C(=O)C2CCN(C)CC2)c1. The Kier molecular flexibility index (Phi) is 5.29. The number of amides is 1. The number of rotatable bonds is 4. The third-order valence-electron chi connectivity index (χ3n) is 4.88. The molecule has 0 atom stereocenters. The molecule has 25 heavy (non-hydrogen) atoms. The molecule has 2 aromatic carbocycles. The molecule has 1 saturated heterocycles. The minimum atomic E-state index is -0.151. The second-order valence-electron chi connectivity index (χ2n) is 6.79. The molecule has 2 aromatic rings. The third-order valence-corrected chi connectivity index (χ3v) is 4.88. The number of anilines is 1. The van der Waals surface area contributed by atoms with Crippen molar-refractivity contribution >= 4 is 17.4 Å². The molecule has 0 aromatic heterocycles. The summed E-state index contributed by atoms with van der Waals surface area (Å²) < 4.78 is 0. The van der Waals surface area contributed by atoms with Gasteiger partial charge in [-0.1, -0.05) is 30.3 Å². The van der Waals surface area contributed by atoms with Crippen molar-refractivity contribution in [2.24, 2.45) is 5.92 Å². The van der Waals surface area contributed by atoms with Crippen molar-refractivity contribution in [1.29, 1.82) is 0 Å². The van der Waals surface area contributed by atoms with Gasteiger partial charge in [-0.3, -0.25) is 9.59 Å².